The Labute approximate surface area is 63.7 Å². The first kappa shape index (κ1) is 7.41. The van der Waals surface area contributed by atoms with Gasteiger partial charge in [0.05, 0.1) is 8.40 Å². The summed E-state index contributed by atoms with van der Waals surface area (Å²) in [5.41, 5.74) is 4.61. The highest BCUT2D eigenvalue weighted by molar-refractivity contribution is 6.69. The van der Waals surface area contributed by atoms with E-state index in [1.54, 1.807) is 0 Å². The lowest BCUT2D eigenvalue weighted by Gasteiger charge is -1.95. The summed E-state index contributed by atoms with van der Waals surface area (Å²) in [5, 5.41) is 1.52. The predicted molar refractivity (Wildman–Crippen MR) is 48.0 cm³/mol. The fourth-order valence-corrected chi connectivity index (χ4v) is 2.47. The Kier molecular flexibility index (Phi) is 2.57. The van der Waals surface area contributed by atoms with Crippen LogP contribution < -0.4 is 0 Å². The van der Waals surface area contributed by atoms with Crippen LogP contribution >= 0.6 is 0 Å². The van der Waals surface area contributed by atoms with Crippen molar-refractivity contribution in [3.8, 4) is 0 Å². The standard InChI is InChI=1S/C9H12Si/c1-3-9(2)10-7-5-4-6-8-10/h3-8H,1-2H3. The van der Waals surface area contributed by atoms with Crippen molar-refractivity contribution in [1.82, 2.24) is 0 Å². The summed E-state index contributed by atoms with van der Waals surface area (Å²) in [5.74, 6) is 0. The third-order valence-electron chi connectivity index (χ3n) is 1.66. The van der Waals surface area contributed by atoms with E-state index in [1.165, 1.54) is 5.20 Å². The van der Waals surface area contributed by atoms with Crippen LogP contribution in [0.4, 0.5) is 0 Å². The molecule has 1 rings (SSSR count). The van der Waals surface area contributed by atoms with Crippen LogP contribution in [0.2, 0.25) is 0 Å². The van der Waals surface area contributed by atoms with Crippen molar-refractivity contribution >= 4 is 13.6 Å². The molecule has 0 aromatic carbocycles. The zero-order chi connectivity index (χ0) is 7.40. The number of rotatable bonds is 1. The zero-order valence-corrected chi connectivity index (χ0v) is 7.46. The van der Waals surface area contributed by atoms with Gasteiger partial charge < -0.3 is 0 Å². The summed E-state index contributed by atoms with van der Waals surface area (Å²) < 4.78 is 0. The number of hydrogen-bond acceptors (Lipinski definition) is 0. The zero-order valence-electron chi connectivity index (χ0n) is 6.46. The second-order valence-electron chi connectivity index (χ2n) is 2.34. The van der Waals surface area contributed by atoms with Crippen LogP contribution in [0.1, 0.15) is 13.8 Å². The monoisotopic (exact) mass is 148 g/mol. The van der Waals surface area contributed by atoms with Gasteiger partial charge in [-0.1, -0.05) is 40.8 Å². The predicted octanol–water partition coefficient (Wildman–Crippen LogP) is 2.59. The first-order valence-electron chi connectivity index (χ1n) is 3.53. The van der Waals surface area contributed by atoms with Gasteiger partial charge in [0.15, 0.2) is 0 Å². The van der Waals surface area contributed by atoms with Crippen LogP contribution in [-0.2, 0) is 0 Å². The van der Waals surface area contributed by atoms with Crippen LogP contribution in [0.5, 0.6) is 0 Å². The van der Waals surface area contributed by atoms with E-state index in [0.29, 0.717) is 0 Å². The SMILES string of the molecule is CC=C(C)[si]1ccccc1. The van der Waals surface area contributed by atoms with Crippen molar-refractivity contribution in [3.05, 3.63) is 35.6 Å². The minimum Gasteiger partial charge on any atom is -0.0887 e. The van der Waals surface area contributed by atoms with Crippen molar-refractivity contribution in [3.63, 3.8) is 0 Å². The summed E-state index contributed by atoms with van der Waals surface area (Å²) in [7, 11) is -0.408. The molecule has 52 valence electrons. The van der Waals surface area contributed by atoms with E-state index in [-0.39, 0.29) is 0 Å². The Morgan fingerprint density at radius 2 is 1.80 bits per heavy atom. The molecule has 0 unspecified atom stereocenters. The molecule has 1 heteroatoms. The minimum atomic E-state index is -0.408. The highest BCUT2D eigenvalue weighted by atomic mass is 28.2. The highest BCUT2D eigenvalue weighted by Crippen LogP contribution is 1.99. The van der Waals surface area contributed by atoms with Gasteiger partial charge in [0.25, 0.3) is 0 Å². The van der Waals surface area contributed by atoms with Gasteiger partial charge >= 0.3 is 0 Å². The van der Waals surface area contributed by atoms with Gasteiger partial charge in [0.1, 0.15) is 0 Å². The van der Waals surface area contributed by atoms with Crippen LogP contribution in [0.15, 0.2) is 35.6 Å². The van der Waals surface area contributed by atoms with Gasteiger partial charge in [0, 0.05) is 0 Å². The molecule has 0 spiro atoms. The fraction of sp³-hybridized carbons (Fsp3) is 0.222. The second kappa shape index (κ2) is 3.47. The van der Waals surface area contributed by atoms with Crippen LogP contribution in [-0.4, -0.2) is 8.40 Å². The molecule has 1 heterocycles. The molecule has 10 heavy (non-hydrogen) atoms. The molecule has 1 aromatic rings. The Morgan fingerprint density at radius 1 is 1.20 bits per heavy atom. The van der Waals surface area contributed by atoms with E-state index in [0.717, 1.165) is 0 Å². The molecule has 0 saturated heterocycles. The minimum absolute atomic E-state index is 0.408. The molecule has 0 radical (unpaired) electrons. The van der Waals surface area contributed by atoms with E-state index < -0.39 is 8.40 Å². The molecule has 0 aliphatic heterocycles. The number of hydrogen-bond donors (Lipinski definition) is 0. The summed E-state index contributed by atoms with van der Waals surface area (Å²) in [4.78, 5) is 0. The molecule has 0 atom stereocenters. The highest BCUT2D eigenvalue weighted by Gasteiger charge is 1.90. The van der Waals surface area contributed by atoms with Crippen molar-refractivity contribution in [2.75, 3.05) is 0 Å². The lowest BCUT2D eigenvalue weighted by Crippen LogP contribution is -1.92. The smallest absolute Gasteiger partial charge is 0.0673 e. The Bertz CT molecular complexity index is 224. The number of allylic oxidation sites excluding steroid dienone is 2. The molecule has 0 amide bonds. The second-order valence-corrected chi connectivity index (χ2v) is 4.70. The normalized spacial score (nSPS) is 11.6. The van der Waals surface area contributed by atoms with Crippen LogP contribution in [0, 0.1) is 0 Å². The average Bonchev–Trinajstić information content (AvgIpc) is 2.05. The van der Waals surface area contributed by atoms with Crippen molar-refractivity contribution in [2.24, 2.45) is 0 Å². The van der Waals surface area contributed by atoms with E-state index in [4.69, 9.17) is 0 Å². The van der Waals surface area contributed by atoms with E-state index >= 15 is 0 Å². The first-order valence-corrected chi connectivity index (χ1v) is 5.18. The largest absolute Gasteiger partial charge is 0.0887 e. The van der Waals surface area contributed by atoms with Gasteiger partial charge in [-0.15, -0.1) is 0 Å². The third kappa shape index (κ3) is 1.64. The molecule has 0 bridgehead atoms. The molecule has 0 aliphatic rings. The van der Waals surface area contributed by atoms with E-state index in [1.807, 2.05) is 0 Å². The average molecular weight is 148 g/mol. The van der Waals surface area contributed by atoms with Crippen LogP contribution in [0.25, 0.3) is 5.20 Å². The third-order valence-corrected chi connectivity index (χ3v) is 3.96. The van der Waals surface area contributed by atoms with Gasteiger partial charge in [-0.25, -0.2) is 0 Å². The lowest BCUT2D eigenvalue weighted by atomic mass is 10.6. The van der Waals surface area contributed by atoms with E-state index in [2.05, 4.69) is 49.5 Å². The molecule has 0 nitrogen and oxygen atoms in total. The maximum absolute atomic E-state index is 2.31. The quantitative estimate of drug-likeness (QED) is 0.537. The van der Waals surface area contributed by atoms with Crippen molar-refractivity contribution in [1.29, 1.82) is 0 Å². The van der Waals surface area contributed by atoms with Crippen molar-refractivity contribution < 1.29 is 0 Å². The first-order chi connectivity index (χ1) is 4.84. The molecular formula is C9H12Si. The molecule has 1 aromatic heterocycles. The molecule has 0 aliphatic carbocycles. The Hall–Kier alpha value is -0.693. The summed E-state index contributed by atoms with van der Waals surface area (Å²) >= 11 is 0. The maximum atomic E-state index is 2.31. The molecule has 0 fully saturated rings. The molecule has 0 N–H and O–H groups in total. The van der Waals surface area contributed by atoms with Gasteiger partial charge in [0.2, 0.25) is 0 Å². The van der Waals surface area contributed by atoms with Crippen LogP contribution in [0.3, 0.4) is 0 Å². The lowest BCUT2D eigenvalue weighted by molar-refractivity contribution is 1.71. The van der Waals surface area contributed by atoms with Gasteiger partial charge in [-0.2, -0.15) is 0 Å². The maximum Gasteiger partial charge on any atom is 0.0673 e. The molecular weight excluding hydrogens is 136 g/mol. The Balaban J connectivity index is 2.96. The topological polar surface area (TPSA) is 0 Å². The summed E-state index contributed by atoms with van der Waals surface area (Å²) in [6, 6.07) is 6.36. The molecule has 0 saturated carbocycles. The van der Waals surface area contributed by atoms with Gasteiger partial charge in [-0.3, -0.25) is 0 Å². The van der Waals surface area contributed by atoms with Crippen molar-refractivity contribution in [2.45, 2.75) is 13.8 Å². The summed E-state index contributed by atoms with van der Waals surface area (Å²) in [6.07, 6.45) is 2.20. The van der Waals surface area contributed by atoms with E-state index in [9.17, 15) is 0 Å². The summed E-state index contributed by atoms with van der Waals surface area (Å²) in [6.45, 7) is 4.31. The fourth-order valence-electron chi connectivity index (χ4n) is 0.868. The Morgan fingerprint density at radius 3 is 2.30 bits per heavy atom. The van der Waals surface area contributed by atoms with Gasteiger partial charge in [-0.05, 0) is 13.8 Å².